The zero-order chi connectivity index (χ0) is 28.7. The summed E-state index contributed by atoms with van der Waals surface area (Å²) < 4.78 is 17.2. The molecule has 1 aromatic rings. The molecular formula is C29H36O10. The minimum atomic E-state index is -2.07. The van der Waals surface area contributed by atoms with E-state index in [1.54, 1.807) is 39.0 Å². The van der Waals surface area contributed by atoms with E-state index >= 15 is 0 Å². The number of carbonyl (C=O) groups is 3. The fraction of sp³-hybridized carbons (Fsp3) is 0.621. The van der Waals surface area contributed by atoms with Gasteiger partial charge in [0.25, 0.3) is 0 Å². The molecule has 2 bridgehead atoms. The van der Waals surface area contributed by atoms with Gasteiger partial charge in [0.15, 0.2) is 11.9 Å². The number of hydrogen-bond acceptors (Lipinski definition) is 10. The Morgan fingerprint density at radius 1 is 1.05 bits per heavy atom. The molecule has 4 aliphatic rings. The van der Waals surface area contributed by atoms with Gasteiger partial charge in [-0.15, -0.1) is 0 Å². The highest BCUT2D eigenvalue weighted by molar-refractivity contribution is 5.95. The first-order valence-corrected chi connectivity index (χ1v) is 13.2. The Morgan fingerprint density at radius 2 is 1.69 bits per heavy atom. The van der Waals surface area contributed by atoms with Gasteiger partial charge in [-0.1, -0.05) is 32.0 Å². The van der Waals surface area contributed by atoms with Crippen LogP contribution in [0.3, 0.4) is 0 Å². The van der Waals surface area contributed by atoms with Gasteiger partial charge in [-0.3, -0.25) is 9.59 Å². The van der Waals surface area contributed by atoms with Crippen molar-refractivity contribution in [3.8, 4) is 0 Å². The Hall–Kier alpha value is -2.63. The molecule has 3 aliphatic carbocycles. The standard InChI is InChI=1S/C29H36O10/c1-14-17(31)12-29(36)24(39-25(34)16-9-7-6-8-10-16)22-27(5,18(32)11-19-28(22,35)13-37-19)23(33)21(38-15(2)30)20(14)26(29,3)4/h6-10,17-19,21-22,24,31-32,35-36H,11-13H2,1-5H3/t17-,18-,19+,21+,22-,24-,27+,28-,29+/m0/s1. The number of aliphatic hydroxyl groups excluding tert-OH is 2. The van der Waals surface area contributed by atoms with Crippen LogP contribution in [0.4, 0.5) is 0 Å². The second-order valence-corrected chi connectivity index (χ2v) is 12.2. The Kier molecular flexibility index (Phi) is 6.40. The Bertz CT molecular complexity index is 1240. The molecule has 1 aromatic carbocycles. The highest BCUT2D eigenvalue weighted by Gasteiger charge is 2.76. The lowest BCUT2D eigenvalue weighted by molar-refractivity contribution is -0.343. The fourth-order valence-corrected chi connectivity index (χ4v) is 7.51. The van der Waals surface area contributed by atoms with Gasteiger partial charge in [-0.2, -0.15) is 0 Å². The number of esters is 2. The van der Waals surface area contributed by atoms with E-state index in [2.05, 4.69) is 0 Å². The minimum absolute atomic E-state index is 0.0934. The molecule has 10 heteroatoms. The van der Waals surface area contributed by atoms with Crippen LogP contribution in [0.15, 0.2) is 41.5 Å². The summed E-state index contributed by atoms with van der Waals surface area (Å²) in [6.45, 7) is 7.22. The first-order valence-electron chi connectivity index (χ1n) is 13.2. The smallest absolute Gasteiger partial charge is 0.338 e. The Labute approximate surface area is 226 Å². The normalized spacial score (nSPS) is 42.7. The van der Waals surface area contributed by atoms with Gasteiger partial charge >= 0.3 is 11.9 Å². The lowest BCUT2D eigenvalue weighted by Crippen LogP contribution is -2.81. The monoisotopic (exact) mass is 544 g/mol. The number of Topliss-reactive ketones (excluding diaryl/α,β-unsaturated/α-hetero) is 1. The van der Waals surface area contributed by atoms with Crippen LogP contribution < -0.4 is 0 Å². The molecular weight excluding hydrogens is 508 g/mol. The average Bonchev–Trinajstić information content (AvgIpc) is 2.87. The third kappa shape index (κ3) is 3.69. The SMILES string of the molecule is CC(=O)O[C@H]1C(=O)[C@@]2(C)[C@H]([C@H](OC(=O)c3ccccc3)[C@]3(O)C[C@H](O)C(C)=C1C3(C)C)[C@]1(O)CO[C@@H]1C[C@@H]2O. The predicted octanol–water partition coefficient (Wildman–Crippen LogP) is 1.08. The van der Waals surface area contributed by atoms with Gasteiger partial charge in [0.05, 0.1) is 35.9 Å². The molecule has 2 saturated carbocycles. The van der Waals surface area contributed by atoms with Gasteiger partial charge in [-0.25, -0.2) is 4.79 Å². The van der Waals surface area contributed by atoms with Gasteiger partial charge in [0.2, 0.25) is 0 Å². The van der Waals surface area contributed by atoms with Crippen LogP contribution >= 0.6 is 0 Å². The van der Waals surface area contributed by atoms with Crippen LogP contribution in [-0.4, -0.2) is 86.5 Å². The molecule has 1 aliphatic heterocycles. The molecule has 5 rings (SSSR count). The maximum Gasteiger partial charge on any atom is 0.338 e. The van der Waals surface area contributed by atoms with Gasteiger partial charge in [0, 0.05) is 31.1 Å². The van der Waals surface area contributed by atoms with Crippen LogP contribution in [0.5, 0.6) is 0 Å². The lowest BCUT2D eigenvalue weighted by Gasteiger charge is -2.66. The van der Waals surface area contributed by atoms with E-state index < -0.39 is 76.2 Å². The Balaban J connectivity index is 1.80. The van der Waals surface area contributed by atoms with E-state index in [1.807, 2.05) is 0 Å². The van der Waals surface area contributed by atoms with Crippen molar-refractivity contribution >= 4 is 17.7 Å². The quantitative estimate of drug-likeness (QED) is 0.320. The van der Waals surface area contributed by atoms with Crippen molar-refractivity contribution in [2.75, 3.05) is 6.61 Å². The summed E-state index contributed by atoms with van der Waals surface area (Å²) in [6, 6.07) is 8.08. The molecule has 0 radical (unpaired) electrons. The molecule has 1 heterocycles. The van der Waals surface area contributed by atoms with E-state index in [9.17, 15) is 34.8 Å². The van der Waals surface area contributed by atoms with Crippen molar-refractivity contribution < 1.29 is 49.0 Å². The van der Waals surface area contributed by atoms with Crippen molar-refractivity contribution in [3.05, 3.63) is 47.0 Å². The maximum atomic E-state index is 14.5. The second kappa shape index (κ2) is 8.94. The van der Waals surface area contributed by atoms with E-state index in [0.29, 0.717) is 5.57 Å². The summed E-state index contributed by atoms with van der Waals surface area (Å²) in [5.41, 5.74) is -6.37. The van der Waals surface area contributed by atoms with Crippen LogP contribution in [0, 0.1) is 16.7 Å². The number of aliphatic hydroxyl groups is 4. The van der Waals surface area contributed by atoms with Crippen LogP contribution in [0.1, 0.15) is 57.8 Å². The lowest BCUT2D eigenvalue weighted by atomic mass is 9.44. The summed E-state index contributed by atoms with van der Waals surface area (Å²) in [6.07, 6.45) is -7.09. The maximum absolute atomic E-state index is 14.5. The summed E-state index contributed by atoms with van der Waals surface area (Å²) >= 11 is 0. The van der Waals surface area contributed by atoms with E-state index in [1.165, 1.54) is 19.1 Å². The number of benzene rings is 1. The molecule has 0 unspecified atom stereocenters. The highest BCUT2D eigenvalue weighted by Crippen LogP contribution is 2.63. The molecule has 10 nitrogen and oxygen atoms in total. The molecule has 0 spiro atoms. The molecule has 4 N–H and O–H groups in total. The molecule has 9 atom stereocenters. The first kappa shape index (κ1) is 27.9. The molecule has 1 saturated heterocycles. The van der Waals surface area contributed by atoms with Gasteiger partial charge in [0.1, 0.15) is 17.3 Å². The van der Waals surface area contributed by atoms with Crippen molar-refractivity contribution in [1.29, 1.82) is 0 Å². The van der Waals surface area contributed by atoms with E-state index in [4.69, 9.17) is 14.2 Å². The zero-order valence-electron chi connectivity index (χ0n) is 22.7. The zero-order valence-corrected chi connectivity index (χ0v) is 22.7. The van der Waals surface area contributed by atoms with Crippen LogP contribution in [0.25, 0.3) is 0 Å². The van der Waals surface area contributed by atoms with Gasteiger partial charge in [-0.05, 0) is 37.1 Å². The van der Waals surface area contributed by atoms with E-state index in [-0.39, 0.29) is 30.6 Å². The highest BCUT2D eigenvalue weighted by atomic mass is 16.6. The molecule has 3 fully saturated rings. The van der Waals surface area contributed by atoms with Crippen molar-refractivity contribution in [1.82, 2.24) is 0 Å². The predicted molar refractivity (Wildman–Crippen MR) is 135 cm³/mol. The molecule has 0 aromatic heterocycles. The third-order valence-corrected chi connectivity index (χ3v) is 9.90. The number of fused-ring (bicyclic) bond motifs is 5. The first-order chi connectivity index (χ1) is 18.1. The number of rotatable bonds is 3. The number of ketones is 1. The van der Waals surface area contributed by atoms with Gasteiger partial charge < -0.3 is 34.6 Å². The largest absolute Gasteiger partial charge is 0.455 e. The van der Waals surface area contributed by atoms with E-state index in [0.717, 1.165) is 6.92 Å². The molecule has 0 amide bonds. The number of ether oxygens (including phenoxy) is 3. The topological polar surface area (TPSA) is 160 Å². The minimum Gasteiger partial charge on any atom is -0.455 e. The molecule has 212 valence electrons. The average molecular weight is 545 g/mol. The molecule has 39 heavy (non-hydrogen) atoms. The van der Waals surface area contributed by atoms with Crippen molar-refractivity contribution in [2.45, 2.75) is 89.2 Å². The second-order valence-electron chi connectivity index (χ2n) is 12.2. The van der Waals surface area contributed by atoms with Crippen LogP contribution in [-0.2, 0) is 23.8 Å². The van der Waals surface area contributed by atoms with Crippen LogP contribution in [0.2, 0.25) is 0 Å². The summed E-state index contributed by atoms with van der Waals surface area (Å²) in [7, 11) is 0. The third-order valence-electron chi connectivity index (χ3n) is 9.90. The number of carbonyl (C=O) groups excluding carboxylic acids is 3. The summed E-state index contributed by atoms with van der Waals surface area (Å²) in [5, 5.41) is 47.3. The summed E-state index contributed by atoms with van der Waals surface area (Å²) in [5.74, 6) is -3.66. The summed E-state index contributed by atoms with van der Waals surface area (Å²) in [4.78, 5) is 40.3. The van der Waals surface area contributed by atoms with Crippen molar-refractivity contribution in [2.24, 2.45) is 16.7 Å². The fourth-order valence-electron chi connectivity index (χ4n) is 7.51. The number of hydrogen-bond donors (Lipinski definition) is 4. The van der Waals surface area contributed by atoms with Crippen molar-refractivity contribution in [3.63, 3.8) is 0 Å². The Morgan fingerprint density at radius 3 is 2.26 bits per heavy atom.